The van der Waals surface area contributed by atoms with E-state index in [1.807, 2.05) is 6.07 Å². The monoisotopic (exact) mass is 286 g/mol. The summed E-state index contributed by atoms with van der Waals surface area (Å²) in [6.07, 6.45) is 4.77. The average Bonchev–Trinajstić information content (AvgIpc) is 2.46. The summed E-state index contributed by atoms with van der Waals surface area (Å²) in [5.41, 5.74) is -0.283. The van der Waals surface area contributed by atoms with E-state index in [4.69, 9.17) is 4.74 Å². The zero-order chi connectivity index (χ0) is 14.7. The maximum absolute atomic E-state index is 12.0. The van der Waals surface area contributed by atoms with Crippen molar-refractivity contribution in [1.29, 1.82) is 0 Å². The molecule has 0 spiro atoms. The highest BCUT2D eigenvalue weighted by atomic mass is 16.5. The molecule has 0 atom stereocenters. The Balaban J connectivity index is 1.51. The molecule has 3 rings (SSSR count). The summed E-state index contributed by atoms with van der Waals surface area (Å²) < 4.78 is 6.81. The average molecular weight is 286 g/mol. The van der Waals surface area contributed by atoms with Gasteiger partial charge >= 0.3 is 0 Å². The second-order valence-corrected chi connectivity index (χ2v) is 4.75. The Labute approximate surface area is 120 Å². The van der Waals surface area contributed by atoms with Gasteiger partial charge in [-0.15, -0.1) is 0 Å². The van der Waals surface area contributed by atoms with Crippen molar-refractivity contribution < 1.29 is 9.53 Å². The third-order valence-electron chi connectivity index (χ3n) is 3.21. The number of nitrogens with zero attached hydrogens (tertiary/aromatic N) is 4. The van der Waals surface area contributed by atoms with E-state index in [2.05, 4.69) is 10.1 Å². The summed E-state index contributed by atoms with van der Waals surface area (Å²) in [6, 6.07) is 6.55. The van der Waals surface area contributed by atoms with Gasteiger partial charge in [-0.05, 0) is 18.2 Å². The van der Waals surface area contributed by atoms with E-state index >= 15 is 0 Å². The molecule has 21 heavy (non-hydrogen) atoms. The number of aromatic nitrogens is 3. The molecule has 0 aliphatic carbocycles. The van der Waals surface area contributed by atoms with Crippen LogP contribution in [0.25, 0.3) is 0 Å². The van der Waals surface area contributed by atoms with Crippen LogP contribution in [0.5, 0.6) is 5.75 Å². The first-order valence-corrected chi connectivity index (χ1v) is 6.59. The van der Waals surface area contributed by atoms with Crippen molar-refractivity contribution in [2.45, 2.75) is 12.6 Å². The van der Waals surface area contributed by atoms with E-state index in [1.54, 1.807) is 29.4 Å². The lowest BCUT2D eigenvalue weighted by Crippen LogP contribution is -2.57. The molecule has 0 bridgehead atoms. The van der Waals surface area contributed by atoms with Crippen molar-refractivity contribution in [2.75, 3.05) is 13.1 Å². The largest absolute Gasteiger partial charge is 0.485 e. The van der Waals surface area contributed by atoms with Crippen LogP contribution in [0.15, 0.2) is 47.7 Å². The SMILES string of the molecule is O=C(Cn1ncccc1=O)N1CC(Oc2cccnc2)C1. The normalized spacial score (nSPS) is 14.6. The first-order chi connectivity index (χ1) is 10.2. The molecular weight excluding hydrogens is 272 g/mol. The lowest BCUT2D eigenvalue weighted by molar-refractivity contribution is -0.140. The minimum absolute atomic E-state index is 0.0291. The summed E-state index contributed by atoms with van der Waals surface area (Å²) in [5.74, 6) is 0.553. The number of carbonyl (C=O) groups excluding carboxylic acids is 1. The number of hydrogen-bond acceptors (Lipinski definition) is 5. The molecular formula is C14H14N4O3. The number of ether oxygens (including phenoxy) is 1. The number of rotatable bonds is 4. The van der Waals surface area contributed by atoms with Crippen LogP contribution in [-0.2, 0) is 11.3 Å². The van der Waals surface area contributed by atoms with Crippen LogP contribution in [0.3, 0.4) is 0 Å². The zero-order valence-corrected chi connectivity index (χ0v) is 11.3. The fourth-order valence-corrected chi connectivity index (χ4v) is 2.06. The van der Waals surface area contributed by atoms with E-state index in [1.165, 1.54) is 12.3 Å². The molecule has 1 aliphatic heterocycles. The predicted molar refractivity (Wildman–Crippen MR) is 73.7 cm³/mol. The highest BCUT2D eigenvalue weighted by molar-refractivity contribution is 5.76. The van der Waals surface area contributed by atoms with E-state index in [0.717, 1.165) is 4.68 Å². The van der Waals surface area contributed by atoms with Crippen LogP contribution in [0.1, 0.15) is 0 Å². The Morgan fingerprint density at radius 1 is 1.29 bits per heavy atom. The molecule has 1 amide bonds. The zero-order valence-electron chi connectivity index (χ0n) is 11.3. The smallest absolute Gasteiger partial charge is 0.267 e. The van der Waals surface area contributed by atoms with Gasteiger partial charge in [0.2, 0.25) is 5.91 Å². The first kappa shape index (κ1) is 13.3. The van der Waals surface area contributed by atoms with Gasteiger partial charge in [0.15, 0.2) is 0 Å². The molecule has 1 fully saturated rings. The summed E-state index contributed by atoms with van der Waals surface area (Å²) in [5, 5.41) is 3.86. The number of hydrogen-bond donors (Lipinski definition) is 0. The Morgan fingerprint density at radius 2 is 2.10 bits per heavy atom. The molecule has 0 unspecified atom stereocenters. The Hall–Kier alpha value is -2.70. The predicted octanol–water partition coefficient (Wildman–Crippen LogP) is -0.0719. The van der Waals surface area contributed by atoms with Crippen LogP contribution in [0, 0.1) is 0 Å². The van der Waals surface area contributed by atoms with Crippen molar-refractivity contribution in [2.24, 2.45) is 0 Å². The van der Waals surface area contributed by atoms with Gasteiger partial charge in [-0.25, -0.2) is 4.68 Å². The number of likely N-dealkylation sites (tertiary alicyclic amines) is 1. The number of pyridine rings is 1. The standard InChI is InChI=1S/C14H14N4O3/c19-13-4-2-6-16-18(13)10-14(20)17-8-12(9-17)21-11-3-1-5-15-7-11/h1-7,12H,8-10H2. The van der Waals surface area contributed by atoms with E-state index < -0.39 is 0 Å². The highest BCUT2D eigenvalue weighted by Crippen LogP contribution is 2.16. The molecule has 2 aromatic rings. The third kappa shape index (κ3) is 3.07. The Bertz CT molecular complexity index is 680. The Morgan fingerprint density at radius 3 is 2.81 bits per heavy atom. The van der Waals surface area contributed by atoms with Crippen molar-refractivity contribution >= 4 is 5.91 Å². The summed E-state index contributed by atoms with van der Waals surface area (Å²) >= 11 is 0. The van der Waals surface area contributed by atoms with Crippen molar-refractivity contribution in [1.82, 2.24) is 19.7 Å². The summed E-state index contributed by atoms with van der Waals surface area (Å²) in [7, 11) is 0. The van der Waals surface area contributed by atoms with Gasteiger partial charge in [0.05, 0.1) is 19.3 Å². The van der Waals surface area contributed by atoms with E-state index in [-0.39, 0.29) is 24.1 Å². The van der Waals surface area contributed by atoms with Crippen molar-refractivity contribution in [3.63, 3.8) is 0 Å². The highest BCUT2D eigenvalue weighted by Gasteiger charge is 2.32. The number of carbonyl (C=O) groups is 1. The van der Waals surface area contributed by atoms with Gasteiger partial charge in [-0.2, -0.15) is 5.10 Å². The van der Waals surface area contributed by atoms with Crippen molar-refractivity contribution in [3.05, 3.63) is 53.2 Å². The minimum Gasteiger partial charge on any atom is -0.485 e. The van der Waals surface area contributed by atoms with Gasteiger partial charge < -0.3 is 9.64 Å². The lowest BCUT2D eigenvalue weighted by atomic mass is 10.1. The maximum atomic E-state index is 12.0. The van der Waals surface area contributed by atoms with Gasteiger partial charge in [-0.1, -0.05) is 0 Å². The van der Waals surface area contributed by atoms with Gasteiger partial charge in [0.1, 0.15) is 18.4 Å². The third-order valence-corrected chi connectivity index (χ3v) is 3.21. The fourth-order valence-electron chi connectivity index (χ4n) is 2.06. The fraction of sp³-hybridized carbons (Fsp3) is 0.286. The first-order valence-electron chi connectivity index (χ1n) is 6.59. The minimum atomic E-state index is -0.283. The molecule has 3 heterocycles. The summed E-state index contributed by atoms with van der Waals surface area (Å²) in [4.78, 5) is 29.1. The van der Waals surface area contributed by atoms with E-state index in [0.29, 0.717) is 18.8 Å². The second kappa shape index (κ2) is 5.74. The van der Waals surface area contributed by atoms with Crippen LogP contribution in [0.2, 0.25) is 0 Å². The topological polar surface area (TPSA) is 77.3 Å². The molecule has 0 radical (unpaired) electrons. The molecule has 1 aliphatic rings. The van der Waals surface area contributed by atoms with Crippen LogP contribution in [-0.4, -0.2) is 44.8 Å². The van der Waals surface area contributed by atoms with Crippen LogP contribution < -0.4 is 10.3 Å². The molecule has 7 heteroatoms. The Kier molecular flexibility index (Phi) is 3.63. The molecule has 108 valence electrons. The lowest BCUT2D eigenvalue weighted by Gasteiger charge is -2.38. The summed E-state index contributed by atoms with van der Waals surface area (Å²) in [6.45, 7) is 0.976. The van der Waals surface area contributed by atoms with Crippen LogP contribution >= 0.6 is 0 Å². The molecule has 2 aromatic heterocycles. The van der Waals surface area contributed by atoms with Crippen molar-refractivity contribution in [3.8, 4) is 5.75 Å². The van der Waals surface area contributed by atoms with Gasteiger partial charge in [-0.3, -0.25) is 14.6 Å². The molecule has 0 saturated carbocycles. The van der Waals surface area contributed by atoms with E-state index in [9.17, 15) is 9.59 Å². The number of amides is 1. The quantitative estimate of drug-likeness (QED) is 0.786. The molecule has 0 N–H and O–H groups in total. The second-order valence-electron chi connectivity index (χ2n) is 4.75. The van der Waals surface area contributed by atoms with Gasteiger partial charge in [0, 0.05) is 18.5 Å². The van der Waals surface area contributed by atoms with Gasteiger partial charge in [0.25, 0.3) is 5.56 Å². The molecule has 0 aromatic carbocycles. The molecule has 1 saturated heterocycles. The van der Waals surface area contributed by atoms with Crippen LogP contribution in [0.4, 0.5) is 0 Å². The maximum Gasteiger partial charge on any atom is 0.267 e. The molecule has 7 nitrogen and oxygen atoms in total.